The Balaban J connectivity index is 2.45. The van der Waals surface area contributed by atoms with Gasteiger partial charge in [0.2, 0.25) is 5.91 Å². The van der Waals surface area contributed by atoms with Crippen molar-refractivity contribution in [2.24, 2.45) is 13.0 Å². The van der Waals surface area contributed by atoms with Crippen molar-refractivity contribution < 1.29 is 9.90 Å². The van der Waals surface area contributed by atoms with Gasteiger partial charge in [0.15, 0.2) is 0 Å². The van der Waals surface area contributed by atoms with Crippen molar-refractivity contribution in [2.45, 2.75) is 33.3 Å². The lowest BCUT2D eigenvalue weighted by Crippen LogP contribution is -2.34. The van der Waals surface area contributed by atoms with Gasteiger partial charge in [-0.3, -0.25) is 9.48 Å². The zero-order valence-electron chi connectivity index (χ0n) is 12.1. The Morgan fingerprint density at radius 2 is 2.32 bits per heavy atom. The molecular weight excluding hydrogens is 242 g/mol. The molecule has 1 rings (SSSR count). The van der Waals surface area contributed by atoms with Crippen molar-refractivity contribution >= 4 is 12.0 Å². The maximum absolute atomic E-state index is 11.6. The Morgan fingerprint density at radius 3 is 2.84 bits per heavy atom. The topological polar surface area (TPSA) is 67.2 Å². The summed E-state index contributed by atoms with van der Waals surface area (Å²) in [5.74, 6) is -0.0181. The first kappa shape index (κ1) is 15.4. The van der Waals surface area contributed by atoms with Gasteiger partial charge in [-0.05, 0) is 18.9 Å². The molecule has 0 bridgehead atoms. The lowest BCUT2D eigenvalue weighted by molar-refractivity contribution is -0.117. The van der Waals surface area contributed by atoms with Crippen molar-refractivity contribution in [1.29, 1.82) is 0 Å². The quantitative estimate of drug-likeness (QED) is 0.761. The molecule has 1 amide bonds. The standard InChI is InChI=1S/C14H23N3O2/c1-5-10(2)13(18)9-15-14(19)7-6-12-8-16-17(4)11(12)3/h6-8,10,13,18H,5,9H2,1-4H3,(H,15,19)/b7-6+. The second-order valence-electron chi connectivity index (χ2n) is 4.84. The number of hydrogen-bond donors (Lipinski definition) is 2. The maximum atomic E-state index is 11.6. The van der Waals surface area contributed by atoms with Gasteiger partial charge in [-0.1, -0.05) is 20.3 Å². The number of nitrogens with zero attached hydrogens (tertiary/aromatic N) is 2. The van der Waals surface area contributed by atoms with E-state index in [1.165, 1.54) is 6.08 Å². The van der Waals surface area contributed by atoms with E-state index in [1.54, 1.807) is 17.0 Å². The van der Waals surface area contributed by atoms with E-state index in [2.05, 4.69) is 10.4 Å². The van der Waals surface area contributed by atoms with Crippen LogP contribution in [-0.4, -0.2) is 33.4 Å². The van der Waals surface area contributed by atoms with Crippen LogP contribution in [0.2, 0.25) is 0 Å². The number of aliphatic hydroxyl groups excluding tert-OH is 1. The Hall–Kier alpha value is -1.62. The third-order valence-electron chi connectivity index (χ3n) is 3.47. The highest BCUT2D eigenvalue weighted by molar-refractivity contribution is 5.91. The molecule has 1 heterocycles. The Bertz CT molecular complexity index is 452. The molecule has 0 radical (unpaired) electrons. The number of hydrogen-bond acceptors (Lipinski definition) is 3. The fourth-order valence-electron chi connectivity index (χ4n) is 1.58. The van der Waals surface area contributed by atoms with Gasteiger partial charge in [0.1, 0.15) is 0 Å². The van der Waals surface area contributed by atoms with Crippen molar-refractivity contribution in [3.8, 4) is 0 Å². The molecule has 0 saturated heterocycles. The van der Waals surface area contributed by atoms with Crippen molar-refractivity contribution in [2.75, 3.05) is 6.54 Å². The zero-order valence-corrected chi connectivity index (χ0v) is 12.1. The number of nitrogens with one attached hydrogen (secondary N) is 1. The van der Waals surface area contributed by atoms with Gasteiger partial charge in [-0.2, -0.15) is 5.10 Å². The normalized spacial score (nSPS) is 14.6. The summed E-state index contributed by atoms with van der Waals surface area (Å²) in [6.45, 7) is 6.20. The van der Waals surface area contributed by atoms with E-state index in [1.807, 2.05) is 27.8 Å². The minimum atomic E-state index is -0.498. The molecule has 2 atom stereocenters. The summed E-state index contributed by atoms with van der Waals surface area (Å²) in [5.41, 5.74) is 1.92. The fraction of sp³-hybridized carbons (Fsp3) is 0.571. The zero-order chi connectivity index (χ0) is 14.4. The third-order valence-corrected chi connectivity index (χ3v) is 3.47. The predicted molar refractivity (Wildman–Crippen MR) is 75.5 cm³/mol. The average molecular weight is 265 g/mol. The molecule has 0 aliphatic rings. The fourth-order valence-corrected chi connectivity index (χ4v) is 1.58. The molecule has 0 saturated carbocycles. The third kappa shape index (κ3) is 4.52. The summed E-state index contributed by atoms with van der Waals surface area (Å²) in [6.07, 6.45) is 5.30. The van der Waals surface area contributed by atoms with Crippen LogP contribution in [0.4, 0.5) is 0 Å². The molecule has 5 heteroatoms. The molecule has 19 heavy (non-hydrogen) atoms. The second-order valence-corrected chi connectivity index (χ2v) is 4.84. The minimum absolute atomic E-state index is 0.185. The predicted octanol–water partition coefficient (Wildman–Crippen LogP) is 1.26. The van der Waals surface area contributed by atoms with Crippen LogP contribution in [0.5, 0.6) is 0 Å². The summed E-state index contributed by atoms with van der Waals surface area (Å²) < 4.78 is 1.75. The van der Waals surface area contributed by atoms with Crippen LogP contribution < -0.4 is 5.32 Å². The average Bonchev–Trinajstić information content (AvgIpc) is 2.72. The van der Waals surface area contributed by atoms with Crippen molar-refractivity contribution in [1.82, 2.24) is 15.1 Å². The molecular formula is C14H23N3O2. The lowest BCUT2D eigenvalue weighted by atomic mass is 10.0. The second kappa shape index (κ2) is 7.09. The van der Waals surface area contributed by atoms with Gasteiger partial charge in [0.05, 0.1) is 12.3 Å². The van der Waals surface area contributed by atoms with Gasteiger partial charge >= 0.3 is 0 Å². The van der Waals surface area contributed by atoms with Crippen LogP contribution in [0.25, 0.3) is 6.08 Å². The van der Waals surface area contributed by atoms with Crippen LogP contribution in [-0.2, 0) is 11.8 Å². The number of carbonyl (C=O) groups is 1. The van der Waals surface area contributed by atoms with Crippen molar-refractivity contribution in [3.05, 3.63) is 23.5 Å². The molecule has 106 valence electrons. The van der Waals surface area contributed by atoms with Crippen LogP contribution >= 0.6 is 0 Å². The molecule has 0 aromatic carbocycles. The highest BCUT2D eigenvalue weighted by atomic mass is 16.3. The smallest absolute Gasteiger partial charge is 0.244 e. The summed E-state index contributed by atoms with van der Waals surface area (Å²) in [6, 6.07) is 0. The Morgan fingerprint density at radius 1 is 1.63 bits per heavy atom. The maximum Gasteiger partial charge on any atom is 0.244 e. The molecule has 1 aromatic rings. The summed E-state index contributed by atoms with van der Waals surface area (Å²) in [4.78, 5) is 11.6. The Kier molecular flexibility index (Phi) is 5.76. The molecule has 5 nitrogen and oxygen atoms in total. The lowest BCUT2D eigenvalue weighted by Gasteiger charge is -2.16. The highest BCUT2D eigenvalue weighted by Gasteiger charge is 2.12. The largest absolute Gasteiger partial charge is 0.391 e. The first-order chi connectivity index (χ1) is 8.95. The van der Waals surface area contributed by atoms with E-state index >= 15 is 0 Å². The number of aryl methyl sites for hydroxylation is 1. The number of aliphatic hydroxyl groups is 1. The van der Waals surface area contributed by atoms with E-state index in [0.717, 1.165) is 17.7 Å². The molecule has 0 fully saturated rings. The van der Waals surface area contributed by atoms with Crippen LogP contribution in [0, 0.1) is 12.8 Å². The first-order valence-electron chi connectivity index (χ1n) is 6.58. The molecule has 1 aromatic heterocycles. The molecule has 0 aliphatic carbocycles. The number of rotatable bonds is 6. The van der Waals surface area contributed by atoms with E-state index in [9.17, 15) is 9.90 Å². The monoisotopic (exact) mass is 265 g/mol. The van der Waals surface area contributed by atoms with Gasteiger partial charge in [-0.25, -0.2) is 0 Å². The number of carbonyl (C=O) groups excluding carboxylic acids is 1. The van der Waals surface area contributed by atoms with E-state index in [4.69, 9.17) is 0 Å². The van der Waals surface area contributed by atoms with Gasteiger partial charge in [-0.15, -0.1) is 0 Å². The summed E-state index contributed by atoms with van der Waals surface area (Å²) in [5, 5.41) is 16.5. The Labute approximate surface area is 114 Å². The summed E-state index contributed by atoms with van der Waals surface area (Å²) in [7, 11) is 1.86. The van der Waals surface area contributed by atoms with Crippen molar-refractivity contribution in [3.63, 3.8) is 0 Å². The number of aromatic nitrogens is 2. The molecule has 2 N–H and O–H groups in total. The molecule has 0 spiro atoms. The van der Waals surface area contributed by atoms with E-state index < -0.39 is 6.10 Å². The number of amides is 1. The van der Waals surface area contributed by atoms with Crippen LogP contribution in [0.3, 0.4) is 0 Å². The SMILES string of the molecule is CCC(C)C(O)CNC(=O)/C=C/c1cnn(C)c1C. The minimum Gasteiger partial charge on any atom is -0.391 e. The van der Waals surface area contributed by atoms with Crippen LogP contribution in [0.15, 0.2) is 12.3 Å². The molecule has 2 unspecified atom stereocenters. The first-order valence-corrected chi connectivity index (χ1v) is 6.58. The summed E-state index contributed by atoms with van der Waals surface area (Å²) >= 11 is 0. The molecule has 0 aliphatic heterocycles. The highest BCUT2D eigenvalue weighted by Crippen LogP contribution is 2.08. The van der Waals surface area contributed by atoms with Gasteiger partial charge < -0.3 is 10.4 Å². The van der Waals surface area contributed by atoms with E-state index in [-0.39, 0.29) is 18.4 Å². The van der Waals surface area contributed by atoms with E-state index in [0.29, 0.717) is 0 Å². The van der Waals surface area contributed by atoms with Crippen LogP contribution in [0.1, 0.15) is 31.5 Å². The van der Waals surface area contributed by atoms with Gasteiger partial charge in [0, 0.05) is 30.9 Å². The van der Waals surface area contributed by atoms with Gasteiger partial charge in [0.25, 0.3) is 0 Å².